The topological polar surface area (TPSA) is 26.0 Å². The van der Waals surface area contributed by atoms with E-state index < -0.39 is 0 Å². The zero-order valence-electron chi connectivity index (χ0n) is 21.3. The second-order valence-electron chi connectivity index (χ2n) is 11.2. The molecule has 3 aromatic carbocycles. The fraction of sp³-hybridized carbons (Fsp3) is 0.281. The fourth-order valence-electron chi connectivity index (χ4n) is 5.31. The number of thiophene rings is 1. The van der Waals surface area contributed by atoms with E-state index in [0.29, 0.717) is 5.92 Å². The zero-order chi connectivity index (χ0) is 24.5. The first-order chi connectivity index (χ1) is 16.7. The van der Waals surface area contributed by atoms with Gasteiger partial charge in [0.1, 0.15) is 11.3 Å². The van der Waals surface area contributed by atoms with Gasteiger partial charge < -0.3 is 4.42 Å². The van der Waals surface area contributed by atoms with Crippen LogP contribution in [0.2, 0.25) is 0 Å². The average molecular weight is 478 g/mol. The SMILES string of the molecule is Cc1c(CC(C)C)oc2cc3sc4c(-c5cc(C(C)(C)C)c6ccccc6c5)nccc4c3cc12. The number of benzene rings is 3. The number of nitrogens with zero attached hydrogens (tertiary/aromatic N) is 1. The summed E-state index contributed by atoms with van der Waals surface area (Å²) < 4.78 is 8.82. The number of aryl methyl sites for hydroxylation is 1. The van der Waals surface area contributed by atoms with E-state index in [2.05, 4.69) is 96.1 Å². The van der Waals surface area contributed by atoms with Gasteiger partial charge in [-0.05, 0) is 70.5 Å². The summed E-state index contributed by atoms with van der Waals surface area (Å²) in [5.41, 5.74) is 5.91. The van der Waals surface area contributed by atoms with Crippen LogP contribution >= 0.6 is 11.3 Å². The van der Waals surface area contributed by atoms with Gasteiger partial charge in [0.2, 0.25) is 0 Å². The number of aromatic nitrogens is 1. The Hall–Kier alpha value is -3.17. The molecule has 0 saturated heterocycles. The minimum absolute atomic E-state index is 0.0410. The van der Waals surface area contributed by atoms with Crippen molar-refractivity contribution < 1.29 is 4.42 Å². The number of rotatable bonds is 3. The molecular weight excluding hydrogens is 446 g/mol. The second kappa shape index (κ2) is 7.93. The van der Waals surface area contributed by atoms with Crippen molar-refractivity contribution in [2.75, 3.05) is 0 Å². The molecule has 0 saturated carbocycles. The first-order valence-electron chi connectivity index (χ1n) is 12.5. The number of hydrogen-bond acceptors (Lipinski definition) is 3. The van der Waals surface area contributed by atoms with E-state index in [1.165, 1.54) is 53.0 Å². The standard InChI is InChI=1S/C32H31NOS/c1-18(2)13-27-19(3)24-16-25-23-11-12-33-30(31(23)35-29(25)17-28(24)34-27)21-14-20-9-7-8-10-22(20)26(15-21)32(4,5)6/h7-12,14-18H,13H2,1-6H3. The van der Waals surface area contributed by atoms with Crippen LogP contribution in [0.3, 0.4) is 0 Å². The molecule has 0 fully saturated rings. The van der Waals surface area contributed by atoms with Crippen LogP contribution in [0.1, 0.15) is 51.5 Å². The minimum Gasteiger partial charge on any atom is -0.461 e. The summed E-state index contributed by atoms with van der Waals surface area (Å²) in [4.78, 5) is 4.91. The molecule has 35 heavy (non-hydrogen) atoms. The summed E-state index contributed by atoms with van der Waals surface area (Å²) in [6.45, 7) is 13.5. The Labute approximate surface area is 210 Å². The first-order valence-corrected chi connectivity index (χ1v) is 13.3. The number of hydrogen-bond donors (Lipinski definition) is 0. The lowest BCUT2D eigenvalue weighted by Gasteiger charge is -2.22. The third-order valence-electron chi connectivity index (χ3n) is 7.08. The lowest BCUT2D eigenvalue weighted by Crippen LogP contribution is -2.12. The monoisotopic (exact) mass is 477 g/mol. The summed E-state index contributed by atoms with van der Waals surface area (Å²) in [7, 11) is 0. The molecule has 0 atom stereocenters. The first kappa shape index (κ1) is 22.3. The van der Waals surface area contributed by atoms with E-state index in [0.717, 1.165) is 23.5 Å². The molecule has 0 N–H and O–H groups in total. The normalized spacial score (nSPS) is 12.7. The van der Waals surface area contributed by atoms with Crippen LogP contribution in [0, 0.1) is 12.8 Å². The van der Waals surface area contributed by atoms with Crippen molar-refractivity contribution in [1.29, 1.82) is 0 Å². The highest BCUT2D eigenvalue weighted by Crippen LogP contribution is 2.43. The summed E-state index contributed by atoms with van der Waals surface area (Å²) >= 11 is 1.82. The highest BCUT2D eigenvalue weighted by Gasteiger charge is 2.21. The fourth-order valence-corrected chi connectivity index (χ4v) is 6.53. The molecule has 0 aliphatic heterocycles. The van der Waals surface area contributed by atoms with Crippen LogP contribution in [0.25, 0.3) is 53.2 Å². The van der Waals surface area contributed by atoms with E-state index in [1.54, 1.807) is 0 Å². The Balaban J connectivity index is 1.60. The molecule has 0 aliphatic carbocycles. The Bertz CT molecular complexity index is 1740. The van der Waals surface area contributed by atoms with Gasteiger partial charge in [0.25, 0.3) is 0 Å². The van der Waals surface area contributed by atoms with Crippen LogP contribution < -0.4 is 0 Å². The minimum atomic E-state index is 0.0410. The van der Waals surface area contributed by atoms with Crippen LogP contribution in [0.15, 0.2) is 65.2 Å². The van der Waals surface area contributed by atoms with Gasteiger partial charge in [-0.25, -0.2) is 0 Å². The molecule has 3 heteroatoms. The van der Waals surface area contributed by atoms with Crippen LogP contribution in [0.4, 0.5) is 0 Å². The largest absolute Gasteiger partial charge is 0.461 e. The third-order valence-corrected chi connectivity index (χ3v) is 8.26. The highest BCUT2D eigenvalue weighted by molar-refractivity contribution is 7.26. The number of pyridine rings is 1. The molecule has 0 amide bonds. The average Bonchev–Trinajstić information content (AvgIpc) is 3.32. The molecular formula is C32H31NOS. The van der Waals surface area contributed by atoms with Gasteiger partial charge in [-0.1, -0.05) is 58.9 Å². The molecule has 3 aromatic heterocycles. The molecule has 6 aromatic rings. The maximum atomic E-state index is 6.32. The molecule has 0 spiro atoms. The van der Waals surface area contributed by atoms with Gasteiger partial charge >= 0.3 is 0 Å². The maximum absolute atomic E-state index is 6.32. The van der Waals surface area contributed by atoms with Crippen molar-refractivity contribution in [3.63, 3.8) is 0 Å². The van der Waals surface area contributed by atoms with Gasteiger partial charge in [0, 0.05) is 39.0 Å². The molecule has 0 unspecified atom stereocenters. The Morgan fingerprint density at radius 2 is 1.71 bits per heavy atom. The maximum Gasteiger partial charge on any atom is 0.136 e. The molecule has 2 nitrogen and oxygen atoms in total. The molecule has 0 bridgehead atoms. The molecule has 6 rings (SSSR count). The van der Waals surface area contributed by atoms with E-state index in [9.17, 15) is 0 Å². The lowest BCUT2D eigenvalue weighted by molar-refractivity contribution is 0.496. The van der Waals surface area contributed by atoms with Gasteiger partial charge in [0.05, 0.1) is 10.4 Å². The Morgan fingerprint density at radius 3 is 2.49 bits per heavy atom. The van der Waals surface area contributed by atoms with Gasteiger partial charge in [-0.2, -0.15) is 0 Å². The van der Waals surface area contributed by atoms with Crippen molar-refractivity contribution in [3.05, 3.63) is 77.7 Å². The van der Waals surface area contributed by atoms with Gasteiger partial charge in [0.15, 0.2) is 0 Å². The van der Waals surface area contributed by atoms with Gasteiger partial charge in [-0.3, -0.25) is 4.98 Å². The third kappa shape index (κ3) is 3.65. The van der Waals surface area contributed by atoms with Crippen molar-refractivity contribution in [2.45, 2.75) is 53.4 Å². The predicted molar refractivity (Wildman–Crippen MR) is 152 cm³/mol. The van der Waals surface area contributed by atoms with Crippen molar-refractivity contribution in [2.24, 2.45) is 5.92 Å². The zero-order valence-corrected chi connectivity index (χ0v) is 22.1. The Kier molecular flexibility index (Phi) is 5.05. The molecule has 0 aliphatic rings. The molecule has 176 valence electrons. The lowest BCUT2D eigenvalue weighted by atomic mass is 9.82. The van der Waals surface area contributed by atoms with Crippen molar-refractivity contribution in [1.82, 2.24) is 4.98 Å². The van der Waals surface area contributed by atoms with Crippen molar-refractivity contribution in [3.8, 4) is 11.3 Å². The summed E-state index contributed by atoms with van der Waals surface area (Å²) in [5, 5.41) is 6.37. The van der Waals surface area contributed by atoms with Crippen LogP contribution in [-0.2, 0) is 11.8 Å². The Morgan fingerprint density at radius 1 is 0.914 bits per heavy atom. The quantitative estimate of drug-likeness (QED) is 0.253. The van der Waals surface area contributed by atoms with Crippen LogP contribution in [0.5, 0.6) is 0 Å². The van der Waals surface area contributed by atoms with Crippen molar-refractivity contribution >= 4 is 53.3 Å². The summed E-state index contributed by atoms with van der Waals surface area (Å²) in [6.07, 6.45) is 2.94. The predicted octanol–water partition coefficient (Wildman–Crippen LogP) is 9.82. The number of fused-ring (bicyclic) bond motifs is 5. The molecule has 3 heterocycles. The number of furan rings is 1. The summed E-state index contributed by atoms with van der Waals surface area (Å²) in [6, 6.07) is 20.1. The van der Waals surface area contributed by atoms with E-state index in [-0.39, 0.29) is 5.41 Å². The smallest absolute Gasteiger partial charge is 0.136 e. The van der Waals surface area contributed by atoms with E-state index >= 15 is 0 Å². The molecule has 0 radical (unpaired) electrons. The van der Waals surface area contributed by atoms with Gasteiger partial charge in [-0.15, -0.1) is 11.3 Å². The summed E-state index contributed by atoms with van der Waals surface area (Å²) in [5.74, 6) is 1.69. The van der Waals surface area contributed by atoms with E-state index in [4.69, 9.17) is 9.40 Å². The second-order valence-corrected chi connectivity index (χ2v) is 12.3. The van der Waals surface area contributed by atoms with Crippen LogP contribution in [-0.4, -0.2) is 4.98 Å². The highest BCUT2D eigenvalue weighted by atomic mass is 32.1. The van der Waals surface area contributed by atoms with E-state index in [1.807, 2.05) is 17.5 Å².